The molecule has 1 aromatic heterocycles. The number of hydrogen-bond donors (Lipinski definition) is 4. The molecule has 3 rings (SSSR count). The largest absolute Gasteiger partial charge is 0.393 e. The van der Waals surface area contributed by atoms with E-state index in [9.17, 15) is 4.79 Å². The van der Waals surface area contributed by atoms with Gasteiger partial charge in [-0.25, -0.2) is 9.97 Å². The Labute approximate surface area is 164 Å². The lowest BCUT2D eigenvalue weighted by Crippen LogP contribution is -2.06. The van der Waals surface area contributed by atoms with E-state index in [2.05, 4.69) is 51.9 Å². The van der Waals surface area contributed by atoms with Gasteiger partial charge in [0.1, 0.15) is 12.0 Å². The average Bonchev–Trinajstić information content (AvgIpc) is 2.66. The van der Waals surface area contributed by atoms with Gasteiger partial charge in [-0.3, -0.25) is 4.79 Å². The Morgan fingerprint density at radius 2 is 1.32 bits per heavy atom. The Kier molecular flexibility index (Phi) is 5.74. The maximum absolute atomic E-state index is 11.1. The van der Waals surface area contributed by atoms with E-state index in [4.69, 9.17) is 5.73 Å². The molecule has 0 aliphatic rings. The Morgan fingerprint density at radius 1 is 0.857 bits per heavy atom. The average molecular weight is 376 g/mol. The summed E-state index contributed by atoms with van der Waals surface area (Å²) in [7, 11) is 0. The third kappa shape index (κ3) is 4.76. The molecule has 0 saturated carbocycles. The minimum atomic E-state index is -0.113. The first-order chi connectivity index (χ1) is 13.4. The van der Waals surface area contributed by atoms with Gasteiger partial charge in [0.05, 0.1) is 0 Å². The van der Waals surface area contributed by atoms with Gasteiger partial charge in [-0.1, -0.05) is 26.0 Å². The van der Waals surface area contributed by atoms with Crippen LogP contribution in [0.15, 0.2) is 54.9 Å². The van der Waals surface area contributed by atoms with Gasteiger partial charge < -0.3 is 21.7 Å². The predicted octanol–water partition coefficient (Wildman–Crippen LogP) is 4.63. The maximum Gasteiger partial charge on any atom is 0.221 e. The number of aromatic nitrogens is 2. The fourth-order valence-corrected chi connectivity index (χ4v) is 2.66. The van der Waals surface area contributed by atoms with Gasteiger partial charge in [0.2, 0.25) is 5.91 Å². The van der Waals surface area contributed by atoms with Crippen LogP contribution in [-0.2, 0) is 4.79 Å². The van der Waals surface area contributed by atoms with Crippen molar-refractivity contribution in [2.45, 2.75) is 26.7 Å². The number of rotatable bonds is 6. The molecule has 1 heterocycles. The molecule has 28 heavy (non-hydrogen) atoms. The van der Waals surface area contributed by atoms with E-state index in [0.717, 1.165) is 17.1 Å². The fraction of sp³-hybridized carbons (Fsp3) is 0.190. The lowest BCUT2D eigenvalue weighted by Gasteiger charge is -2.13. The molecular weight excluding hydrogens is 352 g/mol. The molecule has 0 atom stereocenters. The van der Waals surface area contributed by atoms with Crippen LogP contribution in [-0.4, -0.2) is 15.9 Å². The molecule has 0 aliphatic heterocycles. The summed E-state index contributed by atoms with van der Waals surface area (Å²) in [6.45, 7) is 5.79. The minimum absolute atomic E-state index is 0.113. The van der Waals surface area contributed by atoms with Crippen molar-refractivity contribution in [3.63, 3.8) is 0 Å². The number of nitrogens with one attached hydrogen (secondary N) is 3. The molecule has 1 amide bonds. The summed E-state index contributed by atoms with van der Waals surface area (Å²) in [4.78, 5) is 19.6. The molecule has 7 nitrogen and oxygen atoms in total. The summed E-state index contributed by atoms with van der Waals surface area (Å²) in [6, 6.07) is 15.5. The van der Waals surface area contributed by atoms with Gasteiger partial charge in [-0.2, -0.15) is 0 Å². The molecule has 2 aromatic carbocycles. The quantitative estimate of drug-likeness (QED) is 0.500. The smallest absolute Gasteiger partial charge is 0.221 e. The predicted molar refractivity (Wildman–Crippen MR) is 114 cm³/mol. The third-order valence-corrected chi connectivity index (χ3v) is 4.19. The van der Waals surface area contributed by atoms with Crippen molar-refractivity contribution in [1.29, 1.82) is 0 Å². The second-order valence-electron chi connectivity index (χ2n) is 6.77. The van der Waals surface area contributed by atoms with Crippen molar-refractivity contribution >= 4 is 40.3 Å². The summed E-state index contributed by atoms with van der Waals surface area (Å²) in [5, 5.41) is 9.13. The van der Waals surface area contributed by atoms with E-state index in [-0.39, 0.29) is 5.91 Å². The zero-order chi connectivity index (χ0) is 20.1. The number of carbonyl (C=O) groups excluding carboxylic acids is 1. The Morgan fingerprint density at radius 3 is 1.79 bits per heavy atom. The van der Waals surface area contributed by atoms with Gasteiger partial charge in [-0.05, 0) is 47.9 Å². The van der Waals surface area contributed by atoms with E-state index >= 15 is 0 Å². The van der Waals surface area contributed by atoms with Crippen molar-refractivity contribution in [3.05, 3.63) is 60.4 Å². The topological polar surface area (TPSA) is 105 Å². The summed E-state index contributed by atoms with van der Waals surface area (Å²) in [6.07, 6.45) is 1.45. The zero-order valence-electron chi connectivity index (χ0n) is 16.2. The van der Waals surface area contributed by atoms with Crippen LogP contribution in [0.3, 0.4) is 0 Å². The van der Waals surface area contributed by atoms with E-state index in [0.29, 0.717) is 23.2 Å². The van der Waals surface area contributed by atoms with Gasteiger partial charge in [-0.15, -0.1) is 0 Å². The first-order valence-corrected chi connectivity index (χ1v) is 9.04. The van der Waals surface area contributed by atoms with E-state index in [1.165, 1.54) is 18.8 Å². The first-order valence-electron chi connectivity index (χ1n) is 9.04. The molecule has 7 heteroatoms. The van der Waals surface area contributed by atoms with Crippen molar-refractivity contribution in [2.24, 2.45) is 0 Å². The number of carbonyl (C=O) groups is 1. The normalized spacial score (nSPS) is 10.6. The number of nitrogens with two attached hydrogens (primary N) is 1. The van der Waals surface area contributed by atoms with Crippen LogP contribution in [0.1, 0.15) is 32.3 Å². The molecule has 0 saturated heterocycles. The van der Waals surface area contributed by atoms with Crippen LogP contribution in [0.4, 0.5) is 34.4 Å². The highest BCUT2D eigenvalue weighted by Crippen LogP contribution is 2.29. The SMILES string of the molecule is CC(=O)Nc1ccc(Nc2ncnc(Nc3ccc(C(C)C)cc3)c2N)cc1. The van der Waals surface area contributed by atoms with E-state index in [1.54, 1.807) is 12.1 Å². The van der Waals surface area contributed by atoms with Crippen molar-refractivity contribution < 1.29 is 4.79 Å². The highest BCUT2D eigenvalue weighted by molar-refractivity contribution is 5.89. The number of benzene rings is 2. The highest BCUT2D eigenvalue weighted by Gasteiger charge is 2.09. The fourth-order valence-electron chi connectivity index (χ4n) is 2.66. The third-order valence-electron chi connectivity index (χ3n) is 4.19. The van der Waals surface area contributed by atoms with Crippen LogP contribution in [0.2, 0.25) is 0 Å². The molecule has 0 aliphatic carbocycles. The Bertz CT molecular complexity index is 952. The lowest BCUT2D eigenvalue weighted by atomic mass is 10.0. The second kappa shape index (κ2) is 8.39. The minimum Gasteiger partial charge on any atom is -0.393 e. The highest BCUT2D eigenvalue weighted by atomic mass is 16.1. The number of anilines is 6. The van der Waals surface area contributed by atoms with Crippen molar-refractivity contribution in [3.8, 4) is 0 Å². The molecule has 0 fully saturated rings. The summed E-state index contributed by atoms with van der Waals surface area (Å²) in [5.74, 6) is 1.40. The maximum atomic E-state index is 11.1. The van der Waals surface area contributed by atoms with Gasteiger partial charge in [0, 0.05) is 24.0 Å². The molecule has 0 unspecified atom stereocenters. The van der Waals surface area contributed by atoms with Crippen LogP contribution in [0, 0.1) is 0 Å². The van der Waals surface area contributed by atoms with Crippen LogP contribution in [0.5, 0.6) is 0 Å². The zero-order valence-corrected chi connectivity index (χ0v) is 16.2. The molecule has 0 radical (unpaired) electrons. The van der Waals surface area contributed by atoms with Gasteiger partial charge in [0.15, 0.2) is 11.6 Å². The molecular formula is C21H24N6O. The van der Waals surface area contributed by atoms with Gasteiger partial charge >= 0.3 is 0 Å². The number of hydrogen-bond acceptors (Lipinski definition) is 6. The number of nitrogens with zero attached hydrogens (tertiary/aromatic N) is 2. The number of amides is 1. The van der Waals surface area contributed by atoms with Gasteiger partial charge in [0.25, 0.3) is 0 Å². The van der Waals surface area contributed by atoms with E-state index < -0.39 is 0 Å². The first kappa shape index (κ1) is 19.2. The van der Waals surface area contributed by atoms with E-state index in [1.807, 2.05) is 24.3 Å². The standard InChI is InChI=1S/C21H24N6O/c1-13(2)15-4-6-17(7-5-15)26-20-19(22)21(24-12-23-20)27-18-10-8-16(9-11-18)25-14(3)28/h4-13H,22H2,1-3H3,(H,25,28)(H2,23,24,26,27). The van der Waals surface area contributed by atoms with Crippen molar-refractivity contribution in [1.82, 2.24) is 9.97 Å². The Balaban J connectivity index is 1.74. The molecule has 5 N–H and O–H groups in total. The van der Waals surface area contributed by atoms with Crippen LogP contribution in [0.25, 0.3) is 0 Å². The number of nitrogen functional groups attached to an aromatic ring is 1. The molecule has 3 aromatic rings. The molecule has 0 bridgehead atoms. The molecule has 0 spiro atoms. The van der Waals surface area contributed by atoms with Crippen LogP contribution < -0.4 is 21.7 Å². The summed E-state index contributed by atoms with van der Waals surface area (Å²) >= 11 is 0. The summed E-state index contributed by atoms with van der Waals surface area (Å²) < 4.78 is 0. The monoisotopic (exact) mass is 376 g/mol. The van der Waals surface area contributed by atoms with Crippen molar-refractivity contribution in [2.75, 3.05) is 21.7 Å². The summed E-state index contributed by atoms with van der Waals surface area (Å²) in [5.41, 5.74) is 10.4. The van der Waals surface area contributed by atoms with Crippen LogP contribution >= 0.6 is 0 Å². The Hall–Kier alpha value is -3.61. The lowest BCUT2D eigenvalue weighted by molar-refractivity contribution is -0.114. The molecule has 144 valence electrons. The second-order valence-corrected chi connectivity index (χ2v) is 6.77.